The van der Waals surface area contributed by atoms with Gasteiger partial charge in [0.25, 0.3) is 12.9 Å². The molecule has 10 atom stereocenters. The van der Waals surface area contributed by atoms with Gasteiger partial charge in [0.1, 0.15) is 32.4 Å². The number of carbonyl (C=O) groups is 4. The van der Waals surface area contributed by atoms with Gasteiger partial charge in [-0.3, -0.25) is 19.2 Å². The Balaban J connectivity index is 0.00000117. The van der Waals surface area contributed by atoms with Crippen LogP contribution in [0.15, 0.2) is 0 Å². The molecule has 0 aromatic rings. The summed E-state index contributed by atoms with van der Waals surface area (Å²) in [6.45, 7) is 0.282. The molecule has 0 heterocycles. The van der Waals surface area contributed by atoms with Gasteiger partial charge in [-0.1, -0.05) is 0 Å². The van der Waals surface area contributed by atoms with Crippen LogP contribution < -0.4 is 162 Å². The van der Waals surface area contributed by atoms with Gasteiger partial charge in [0.15, 0.2) is 0 Å². The van der Waals surface area contributed by atoms with Crippen LogP contribution >= 0.6 is 0 Å². The third-order valence-corrected chi connectivity index (χ3v) is 18.2. The SMILES string of the molecule is O=COC1CCC(OCCOC2CCC(C(=O)O)C(S(=O)(=O)[O-])C2)CC1S(=O)(=O)[O-].O=COC1CCC2(CCC3(CCC(C(=O)O)C(S(=O)(=O)[O-])C3)CC2)CC1S(=O)(=O)[O-].[K+].[K+].[Na+].[Na+]. The van der Waals surface area contributed by atoms with Gasteiger partial charge in [0, 0.05) is 0 Å². The largest absolute Gasteiger partial charge is 1.00 e. The summed E-state index contributed by atoms with van der Waals surface area (Å²) >= 11 is 0. The van der Waals surface area contributed by atoms with E-state index in [1.807, 2.05) is 0 Å². The predicted molar refractivity (Wildman–Crippen MR) is 196 cm³/mol. The smallest absolute Gasteiger partial charge is 0.748 e. The molecule has 0 radical (unpaired) electrons. The van der Waals surface area contributed by atoms with E-state index in [1.54, 1.807) is 0 Å². The van der Waals surface area contributed by atoms with Crippen LogP contribution in [0.2, 0.25) is 0 Å². The zero-order valence-electron chi connectivity index (χ0n) is 36.3. The molecular weight excluding hydrogens is 1010 g/mol. The molecular formula is C34H50K2Na2O22S4. The minimum absolute atomic E-state index is 0. The molecule has 5 rings (SSSR count). The minimum Gasteiger partial charge on any atom is -0.748 e. The molecule has 346 valence electrons. The van der Waals surface area contributed by atoms with Gasteiger partial charge in [-0.15, -0.1) is 0 Å². The van der Waals surface area contributed by atoms with Crippen LogP contribution in [0.1, 0.15) is 103 Å². The van der Waals surface area contributed by atoms with E-state index < -0.39 is 120 Å². The van der Waals surface area contributed by atoms with Crippen LogP contribution in [0, 0.1) is 22.7 Å². The first-order chi connectivity index (χ1) is 27.7. The number of carbonyl (C=O) groups excluding carboxylic acids is 2. The maximum atomic E-state index is 11.7. The molecule has 0 aromatic carbocycles. The molecule has 2 N–H and O–H groups in total. The van der Waals surface area contributed by atoms with Crippen LogP contribution in [0.25, 0.3) is 0 Å². The molecule has 64 heavy (non-hydrogen) atoms. The van der Waals surface area contributed by atoms with Crippen LogP contribution in [-0.2, 0) is 78.6 Å². The Morgan fingerprint density at radius 3 is 1.28 bits per heavy atom. The van der Waals surface area contributed by atoms with Gasteiger partial charge >= 0.3 is 174 Å². The van der Waals surface area contributed by atoms with E-state index in [2.05, 4.69) is 4.74 Å². The summed E-state index contributed by atoms with van der Waals surface area (Å²) in [5.41, 5.74) is -0.896. The molecule has 0 aromatic heterocycles. The van der Waals surface area contributed by atoms with Crippen molar-refractivity contribution in [3.05, 3.63) is 0 Å². The number of carboxylic acid groups (broad SMARTS) is 2. The number of carboxylic acids is 2. The van der Waals surface area contributed by atoms with Gasteiger partial charge in [-0.25, -0.2) is 33.7 Å². The maximum absolute atomic E-state index is 11.7. The molecule has 0 bridgehead atoms. The molecule has 22 nitrogen and oxygen atoms in total. The molecule has 0 aliphatic heterocycles. The second-order valence-corrected chi connectivity index (χ2v) is 23.0. The van der Waals surface area contributed by atoms with Gasteiger partial charge in [-0.05, 0) is 114 Å². The molecule has 10 unspecified atom stereocenters. The Morgan fingerprint density at radius 2 is 0.875 bits per heavy atom. The van der Waals surface area contributed by atoms with E-state index in [9.17, 15) is 76.2 Å². The maximum Gasteiger partial charge on any atom is 1.00 e. The number of ether oxygens (including phenoxy) is 4. The van der Waals surface area contributed by atoms with Crippen molar-refractivity contribution in [3.63, 3.8) is 0 Å². The van der Waals surface area contributed by atoms with Crippen molar-refractivity contribution in [1.29, 1.82) is 0 Å². The summed E-state index contributed by atoms with van der Waals surface area (Å²) in [4.78, 5) is 43.7. The van der Waals surface area contributed by atoms with Crippen molar-refractivity contribution in [1.82, 2.24) is 0 Å². The van der Waals surface area contributed by atoms with Crippen molar-refractivity contribution in [3.8, 4) is 0 Å². The minimum atomic E-state index is -4.80. The van der Waals surface area contributed by atoms with E-state index in [-0.39, 0.29) is 246 Å². The van der Waals surface area contributed by atoms with Gasteiger partial charge < -0.3 is 47.4 Å². The van der Waals surface area contributed by atoms with Gasteiger partial charge in [0.2, 0.25) is 0 Å². The molecule has 5 saturated carbocycles. The molecule has 0 amide bonds. The summed E-state index contributed by atoms with van der Waals surface area (Å²) in [6.07, 6.45) is 0.948. The van der Waals surface area contributed by atoms with Gasteiger partial charge in [0.05, 0.1) is 78.5 Å². The normalized spacial score (nSPS) is 34.3. The number of hydrogen-bond donors (Lipinski definition) is 2. The number of hydrogen-bond acceptors (Lipinski definition) is 20. The summed E-state index contributed by atoms with van der Waals surface area (Å²) in [5.74, 6) is -5.09. The van der Waals surface area contributed by atoms with E-state index in [0.717, 1.165) is 0 Å². The monoisotopic (exact) mass is 1060 g/mol. The fraction of sp³-hybridized carbons (Fsp3) is 0.882. The Bertz CT molecular complexity index is 2000. The Labute approximate surface area is 503 Å². The predicted octanol–water partition coefficient (Wildman–Crippen LogP) is -11.8. The van der Waals surface area contributed by atoms with E-state index in [0.29, 0.717) is 44.9 Å². The fourth-order valence-electron chi connectivity index (χ4n) is 9.95. The zero-order chi connectivity index (χ0) is 44.9. The van der Waals surface area contributed by atoms with E-state index in [1.165, 1.54) is 0 Å². The second-order valence-electron chi connectivity index (χ2n) is 16.7. The zero-order valence-corrected chi connectivity index (χ0v) is 49.9. The first kappa shape index (κ1) is 66.7. The summed E-state index contributed by atoms with van der Waals surface area (Å²) in [6, 6.07) is 0. The molecule has 30 heteroatoms. The first-order valence-electron chi connectivity index (χ1n) is 19.4. The molecule has 0 saturated heterocycles. The molecule has 5 aliphatic rings. The van der Waals surface area contributed by atoms with Crippen molar-refractivity contribution in [2.75, 3.05) is 13.2 Å². The average molecular weight is 1060 g/mol. The van der Waals surface area contributed by atoms with Crippen LogP contribution in [-0.4, -0.2) is 146 Å². The molecule has 5 fully saturated rings. The van der Waals surface area contributed by atoms with Crippen molar-refractivity contribution in [2.45, 2.75) is 148 Å². The first-order valence-corrected chi connectivity index (χ1v) is 25.3. The van der Waals surface area contributed by atoms with Crippen LogP contribution in [0.5, 0.6) is 0 Å². The van der Waals surface area contributed by atoms with Crippen LogP contribution in [0.3, 0.4) is 0 Å². The van der Waals surface area contributed by atoms with Gasteiger partial charge in [-0.2, -0.15) is 0 Å². The third-order valence-electron chi connectivity index (χ3n) is 13.2. The average Bonchev–Trinajstić information content (AvgIpc) is 3.15. The standard InChI is InChI=1S/C18H28O10S2.C16H26O12S2.2K.2Na/c19-11-28-13-2-4-18(10-15(13)30(25,26)27)7-5-17(6-8-18)3-1-12(16(20)21)14(9-17)29(22,23)24;17-9-28-13-4-2-11(8-15(13)30(23,24)25)27-6-5-26-10-1-3-12(16(18)19)14(7-10)29(20,21)22;;;;/h11-15H,1-10H2,(H,20,21)(H,22,23,24)(H,25,26,27);9-15H,1-8H2,(H,18,19)(H,20,21,22)(H,23,24,25);;;;/q;;4*+1/p-4. The van der Waals surface area contributed by atoms with Crippen molar-refractivity contribution < 1.29 is 262 Å². The van der Waals surface area contributed by atoms with Crippen molar-refractivity contribution >= 4 is 65.4 Å². The summed E-state index contributed by atoms with van der Waals surface area (Å²) in [7, 11) is -18.9. The quantitative estimate of drug-likeness (QED) is 0.0665. The third kappa shape index (κ3) is 19.0. The number of aliphatic carboxylic acids is 2. The van der Waals surface area contributed by atoms with E-state index in [4.69, 9.17) is 19.3 Å². The second kappa shape index (κ2) is 28.2. The molecule has 5 aliphatic carbocycles. The van der Waals surface area contributed by atoms with Crippen molar-refractivity contribution in [2.24, 2.45) is 22.7 Å². The Hall–Kier alpha value is 2.71. The summed E-state index contributed by atoms with van der Waals surface area (Å²) in [5, 5.41) is 12.6. The molecule has 2 spiro atoms. The number of rotatable bonds is 15. The Kier molecular flexibility index (Phi) is 29.4. The summed E-state index contributed by atoms with van der Waals surface area (Å²) < 4.78 is 159. The Morgan fingerprint density at radius 1 is 0.516 bits per heavy atom. The van der Waals surface area contributed by atoms with E-state index >= 15 is 0 Å². The van der Waals surface area contributed by atoms with Crippen LogP contribution in [0.4, 0.5) is 0 Å². The topological polar surface area (TPSA) is 374 Å². The fourth-order valence-corrected chi connectivity index (χ4v) is 14.4.